The van der Waals surface area contributed by atoms with Gasteiger partial charge in [-0.3, -0.25) is 0 Å². The van der Waals surface area contributed by atoms with Crippen molar-refractivity contribution < 1.29 is 4.84 Å². The molecule has 9 heavy (non-hydrogen) atoms. The van der Waals surface area contributed by atoms with E-state index >= 15 is 0 Å². The van der Waals surface area contributed by atoms with Crippen molar-refractivity contribution in [3.63, 3.8) is 0 Å². The average molecular weight is 192 g/mol. The van der Waals surface area contributed by atoms with Crippen LogP contribution in [0.25, 0.3) is 0 Å². The van der Waals surface area contributed by atoms with Crippen LogP contribution in [0, 0.1) is 0 Å². The molecule has 0 aromatic carbocycles. The van der Waals surface area contributed by atoms with Gasteiger partial charge in [-0.1, -0.05) is 0 Å². The molecule has 0 aromatic rings. The zero-order chi connectivity index (χ0) is 4.24. The lowest BCUT2D eigenvalue weighted by molar-refractivity contribution is 0.172. The number of hydroxylamine groups is 1. The van der Waals surface area contributed by atoms with E-state index in [2.05, 4.69) is 10.3 Å². The minimum atomic E-state index is 0. The highest BCUT2D eigenvalue weighted by atomic mass is 35.5. The summed E-state index contributed by atoms with van der Waals surface area (Å²) in [6, 6.07) is 0. The number of allylic oxidation sites excluding steroid dienone is 2. The first kappa shape index (κ1) is 16.0. The molecule has 0 saturated carbocycles. The average Bonchev–Trinajstić information content (AvgIpc) is 1.72. The molecule has 0 radical (unpaired) electrons. The third kappa shape index (κ3) is 7.95. The number of rotatable bonds is 0. The van der Waals surface area contributed by atoms with Gasteiger partial charge in [0.05, 0.1) is 0 Å². The summed E-state index contributed by atoms with van der Waals surface area (Å²) in [4.78, 5) is 4.55. The van der Waals surface area contributed by atoms with Crippen molar-refractivity contribution in [1.29, 1.82) is 0 Å². The normalized spacial score (nSPS) is 10.7. The quantitative estimate of drug-likeness (QED) is 0.632. The van der Waals surface area contributed by atoms with E-state index in [0.717, 1.165) is 0 Å². The fraction of sp³-hybridized carbons (Fsp3) is 0. The third-order valence-electron chi connectivity index (χ3n) is 0.490. The topological polar surface area (TPSA) is 21.3 Å². The molecular weight excluding hydrogens is 184 g/mol. The van der Waals surface area contributed by atoms with Crippen LogP contribution in [-0.4, -0.2) is 0 Å². The maximum absolute atomic E-state index is 4.55. The molecule has 0 unspecified atom stereocenters. The summed E-state index contributed by atoms with van der Waals surface area (Å²) in [5, 5.41) is 0. The van der Waals surface area contributed by atoms with Gasteiger partial charge in [-0.05, 0) is 12.2 Å². The van der Waals surface area contributed by atoms with Crippen LogP contribution in [0.4, 0.5) is 0 Å². The fourth-order valence-corrected chi connectivity index (χ4v) is 0.258. The molecular formula is C4H8Cl3NO. The Bertz CT molecular complexity index is 81.8. The molecule has 0 aromatic heterocycles. The summed E-state index contributed by atoms with van der Waals surface area (Å²) >= 11 is 0. The zero-order valence-corrected chi connectivity index (χ0v) is 6.89. The number of hydrogen-bond acceptors (Lipinski definition) is 2. The first-order valence-corrected chi connectivity index (χ1v) is 1.73. The van der Waals surface area contributed by atoms with Crippen LogP contribution in [0.2, 0.25) is 0 Å². The molecule has 0 atom stereocenters. The monoisotopic (exact) mass is 191 g/mol. The maximum Gasteiger partial charge on any atom is 0.119 e. The molecule has 0 saturated heterocycles. The SMILES string of the molecule is C1=CNOC=C1.Cl.Cl.Cl. The first-order valence-electron chi connectivity index (χ1n) is 1.73. The van der Waals surface area contributed by atoms with Crippen LogP contribution in [0.15, 0.2) is 24.6 Å². The Labute approximate surface area is 72.5 Å². The van der Waals surface area contributed by atoms with Gasteiger partial charge in [0.1, 0.15) is 6.26 Å². The van der Waals surface area contributed by atoms with E-state index in [1.54, 1.807) is 18.5 Å². The molecule has 0 amide bonds. The van der Waals surface area contributed by atoms with Crippen LogP contribution in [0.1, 0.15) is 0 Å². The molecule has 5 heteroatoms. The predicted octanol–water partition coefficient (Wildman–Crippen LogP) is 1.81. The second-order valence-corrected chi connectivity index (χ2v) is 0.923. The molecule has 56 valence electrons. The smallest absolute Gasteiger partial charge is 0.119 e. The Balaban J connectivity index is -0.000000120. The standard InChI is InChI=1S/C4H5NO.3ClH/c1-2-4-6-5-3-1;;;/h1-5H;3*1H. The third-order valence-corrected chi connectivity index (χ3v) is 0.490. The van der Waals surface area contributed by atoms with Crippen molar-refractivity contribution in [3.05, 3.63) is 24.6 Å². The van der Waals surface area contributed by atoms with Gasteiger partial charge < -0.3 is 4.84 Å². The summed E-state index contributed by atoms with van der Waals surface area (Å²) in [5.41, 5.74) is 2.52. The van der Waals surface area contributed by atoms with Crippen molar-refractivity contribution in [1.82, 2.24) is 5.48 Å². The molecule has 1 heterocycles. The van der Waals surface area contributed by atoms with Gasteiger partial charge in [0, 0.05) is 6.20 Å². The lowest BCUT2D eigenvalue weighted by Gasteiger charge is -1.97. The molecule has 2 nitrogen and oxygen atoms in total. The van der Waals surface area contributed by atoms with Gasteiger partial charge >= 0.3 is 0 Å². The van der Waals surface area contributed by atoms with Gasteiger partial charge in [0.2, 0.25) is 0 Å². The van der Waals surface area contributed by atoms with E-state index in [-0.39, 0.29) is 37.2 Å². The number of nitrogens with one attached hydrogen (secondary N) is 1. The van der Waals surface area contributed by atoms with E-state index in [0.29, 0.717) is 0 Å². The predicted molar refractivity (Wildman–Crippen MR) is 44.2 cm³/mol. The molecule has 0 spiro atoms. The second-order valence-electron chi connectivity index (χ2n) is 0.923. The van der Waals surface area contributed by atoms with Crippen molar-refractivity contribution in [3.8, 4) is 0 Å². The lowest BCUT2D eigenvalue weighted by Crippen LogP contribution is -2.01. The van der Waals surface area contributed by atoms with Gasteiger partial charge in [-0.25, -0.2) is 5.48 Å². The molecule has 1 N–H and O–H groups in total. The Morgan fingerprint density at radius 2 is 1.67 bits per heavy atom. The van der Waals surface area contributed by atoms with Crippen molar-refractivity contribution in [2.75, 3.05) is 0 Å². The summed E-state index contributed by atoms with van der Waals surface area (Å²) in [6.45, 7) is 0. The van der Waals surface area contributed by atoms with E-state index in [1.807, 2.05) is 6.08 Å². The molecule has 1 rings (SSSR count). The second kappa shape index (κ2) is 10.8. The van der Waals surface area contributed by atoms with Crippen LogP contribution in [0.5, 0.6) is 0 Å². The highest BCUT2D eigenvalue weighted by Crippen LogP contribution is 1.80. The van der Waals surface area contributed by atoms with Crippen molar-refractivity contribution in [2.24, 2.45) is 0 Å². The van der Waals surface area contributed by atoms with Gasteiger partial charge in [0.25, 0.3) is 0 Å². The minimum absolute atomic E-state index is 0. The Hall–Kier alpha value is -0.0500. The van der Waals surface area contributed by atoms with Crippen LogP contribution >= 0.6 is 37.2 Å². The minimum Gasteiger partial charge on any atom is -0.391 e. The lowest BCUT2D eigenvalue weighted by atomic mass is 10.6. The Morgan fingerprint density at radius 1 is 1.00 bits per heavy atom. The Kier molecular flexibility index (Phi) is 19.3. The van der Waals surface area contributed by atoms with Gasteiger partial charge in [-0.2, -0.15) is 0 Å². The Morgan fingerprint density at radius 3 is 1.78 bits per heavy atom. The molecule has 0 aliphatic carbocycles. The van der Waals surface area contributed by atoms with Gasteiger partial charge in [-0.15, -0.1) is 37.2 Å². The van der Waals surface area contributed by atoms with Gasteiger partial charge in [0.15, 0.2) is 0 Å². The summed E-state index contributed by atoms with van der Waals surface area (Å²) < 4.78 is 0. The van der Waals surface area contributed by atoms with E-state index in [4.69, 9.17) is 0 Å². The summed E-state index contributed by atoms with van der Waals surface area (Å²) in [7, 11) is 0. The molecule has 1 aliphatic rings. The highest BCUT2D eigenvalue weighted by Gasteiger charge is 1.72. The summed E-state index contributed by atoms with van der Waals surface area (Å²) in [6.07, 6.45) is 6.93. The largest absolute Gasteiger partial charge is 0.391 e. The highest BCUT2D eigenvalue weighted by molar-refractivity contribution is 5.86. The molecule has 0 bridgehead atoms. The fourth-order valence-electron chi connectivity index (χ4n) is 0.258. The van der Waals surface area contributed by atoms with E-state index in [1.165, 1.54) is 0 Å². The number of hydrogen-bond donors (Lipinski definition) is 1. The molecule has 0 fully saturated rings. The van der Waals surface area contributed by atoms with Crippen LogP contribution in [-0.2, 0) is 4.84 Å². The first-order chi connectivity index (χ1) is 3.00. The molecule has 1 aliphatic heterocycles. The van der Waals surface area contributed by atoms with Crippen LogP contribution in [0.3, 0.4) is 0 Å². The van der Waals surface area contributed by atoms with Crippen molar-refractivity contribution in [2.45, 2.75) is 0 Å². The van der Waals surface area contributed by atoms with E-state index in [9.17, 15) is 0 Å². The van der Waals surface area contributed by atoms with Crippen molar-refractivity contribution >= 4 is 37.2 Å². The van der Waals surface area contributed by atoms with Crippen LogP contribution < -0.4 is 5.48 Å². The number of halogens is 3. The maximum atomic E-state index is 4.55. The van der Waals surface area contributed by atoms with E-state index < -0.39 is 0 Å². The summed E-state index contributed by atoms with van der Waals surface area (Å²) in [5.74, 6) is 0. The zero-order valence-electron chi connectivity index (χ0n) is 4.44.